The molecule has 1 N–H and O–H groups in total. The fourth-order valence-corrected chi connectivity index (χ4v) is 2.44. The summed E-state index contributed by atoms with van der Waals surface area (Å²) in [5.74, 6) is 1.60. The molecule has 2 heterocycles. The summed E-state index contributed by atoms with van der Waals surface area (Å²) in [7, 11) is 1.64. The molecule has 5 nitrogen and oxygen atoms in total. The first-order valence-electron chi connectivity index (χ1n) is 7.18. The molecule has 1 aliphatic heterocycles. The lowest BCUT2D eigenvalue weighted by molar-refractivity contribution is 0.396. The molecule has 1 saturated heterocycles. The van der Waals surface area contributed by atoms with Crippen molar-refractivity contribution in [2.45, 2.75) is 38.6 Å². The van der Waals surface area contributed by atoms with E-state index in [-0.39, 0.29) is 0 Å². The van der Waals surface area contributed by atoms with E-state index in [0.717, 1.165) is 25.5 Å². The van der Waals surface area contributed by atoms with Crippen LogP contribution in [0.3, 0.4) is 0 Å². The maximum atomic E-state index is 5.19. The highest BCUT2D eigenvalue weighted by Gasteiger charge is 2.19. The average Bonchev–Trinajstić information content (AvgIpc) is 2.96. The summed E-state index contributed by atoms with van der Waals surface area (Å²) >= 11 is 0. The van der Waals surface area contributed by atoms with Gasteiger partial charge in [0.1, 0.15) is 12.1 Å². The van der Waals surface area contributed by atoms with Crippen LogP contribution < -0.4 is 15.0 Å². The van der Waals surface area contributed by atoms with Crippen LogP contribution >= 0.6 is 0 Å². The molecular weight excluding hydrogens is 240 g/mol. The van der Waals surface area contributed by atoms with Crippen LogP contribution in [-0.4, -0.2) is 42.8 Å². The van der Waals surface area contributed by atoms with E-state index in [4.69, 9.17) is 4.74 Å². The lowest BCUT2D eigenvalue weighted by Gasteiger charge is -2.26. The van der Waals surface area contributed by atoms with Crippen LogP contribution in [0.25, 0.3) is 0 Å². The highest BCUT2D eigenvalue weighted by Crippen LogP contribution is 2.18. The van der Waals surface area contributed by atoms with Gasteiger partial charge in [0.25, 0.3) is 0 Å². The van der Waals surface area contributed by atoms with Crippen molar-refractivity contribution in [1.29, 1.82) is 0 Å². The quantitative estimate of drug-likeness (QED) is 0.814. The predicted molar refractivity (Wildman–Crippen MR) is 76.7 cm³/mol. The van der Waals surface area contributed by atoms with Crippen molar-refractivity contribution in [3.05, 3.63) is 12.4 Å². The summed E-state index contributed by atoms with van der Waals surface area (Å²) < 4.78 is 5.19. The van der Waals surface area contributed by atoms with Crippen molar-refractivity contribution in [3.8, 4) is 5.88 Å². The summed E-state index contributed by atoms with van der Waals surface area (Å²) in [6.45, 7) is 5.40. The van der Waals surface area contributed by atoms with Gasteiger partial charge < -0.3 is 15.0 Å². The van der Waals surface area contributed by atoms with Gasteiger partial charge in [0.15, 0.2) is 0 Å². The molecule has 19 heavy (non-hydrogen) atoms. The second kappa shape index (κ2) is 7.28. The van der Waals surface area contributed by atoms with Gasteiger partial charge >= 0.3 is 0 Å². The molecule has 1 aromatic rings. The highest BCUT2D eigenvalue weighted by molar-refractivity contribution is 5.41. The van der Waals surface area contributed by atoms with Crippen LogP contribution in [0.15, 0.2) is 12.4 Å². The molecule has 5 heteroatoms. The minimum atomic E-state index is 0.581. The second-order valence-corrected chi connectivity index (χ2v) is 5.01. The molecule has 0 radical (unpaired) electrons. The number of nitrogens with one attached hydrogen (secondary N) is 1. The number of ether oxygens (including phenoxy) is 1. The normalized spacial score (nSPS) is 18.5. The zero-order valence-electron chi connectivity index (χ0n) is 11.9. The number of methoxy groups -OCH3 is 1. The topological polar surface area (TPSA) is 50.3 Å². The average molecular weight is 264 g/mol. The Bertz CT molecular complexity index is 379. The van der Waals surface area contributed by atoms with Gasteiger partial charge in [-0.3, -0.25) is 0 Å². The lowest BCUT2D eigenvalue weighted by Crippen LogP contribution is -2.38. The van der Waals surface area contributed by atoms with Gasteiger partial charge in [0, 0.05) is 25.2 Å². The number of aromatic nitrogens is 2. The van der Waals surface area contributed by atoms with Gasteiger partial charge in [-0.25, -0.2) is 9.97 Å². The number of unbranched alkanes of at least 4 members (excludes halogenated alkanes) is 1. The second-order valence-electron chi connectivity index (χ2n) is 5.01. The van der Waals surface area contributed by atoms with E-state index in [9.17, 15) is 0 Å². The van der Waals surface area contributed by atoms with E-state index in [1.165, 1.54) is 25.7 Å². The van der Waals surface area contributed by atoms with Gasteiger partial charge in [-0.15, -0.1) is 0 Å². The fraction of sp³-hybridized carbons (Fsp3) is 0.714. The first-order valence-corrected chi connectivity index (χ1v) is 7.18. The minimum absolute atomic E-state index is 0.581. The highest BCUT2D eigenvalue weighted by atomic mass is 16.5. The van der Waals surface area contributed by atoms with Crippen molar-refractivity contribution in [1.82, 2.24) is 15.3 Å². The van der Waals surface area contributed by atoms with Crippen LogP contribution in [-0.2, 0) is 0 Å². The van der Waals surface area contributed by atoms with Crippen LogP contribution in [0.4, 0.5) is 5.82 Å². The van der Waals surface area contributed by atoms with Crippen LogP contribution in [0, 0.1) is 0 Å². The Kier molecular flexibility index (Phi) is 5.39. The molecular formula is C14H24N4O. The minimum Gasteiger partial charge on any atom is -0.481 e. The molecule has 2 rings (SSSR count). The van der Waals surface area contributed by atoms with Crippen molar-refractivity contribution in [3.63, 3.8) is 0 Å². The number of hydrogen-bond acceptors (Lipinski definition) is 5. The van der Waals surface area contributed by atoms with Crippen molar-refractivity contribution < 1.29 is 4.74 Å². The van der Waals surface area contributed by atoms with Gasteiger partial charge in [0.05, 0.1) is 7.11 Å². The molecule has 0 saturated carbocycles. The molecule has 0 bridgehead atoms. The molecule has 0 aromatic carbocycles. The van der Waals surface area contributed by atoms with E-state index in [1.54, 1.807) is 13.4 Å². The summed E-state index contributed by atoms with van der Waals surface area (Å²) in [6.07, 6.45) is 6.48. The molecule has 1 fully saturated rings. The summed E-state index contributed by atoms with van der Waals surface area (Å²) in [5.41, 5.74) is 0. The van der Waals surface area contributed by atoms with Gasteiger partial charge in [-0.2, -0.15) is 0 Å². The van der Waals surface area contributed by atoms with Crippen LogP contribution in [0.1, 0.15) is 32.6 Å². The van der Waals surface area contributed by atoms with Crippen LogP contribution in [0.5, 0.6) is 5.88 Å². The first kappa shape index (κ1) is 14.1. The number of anilines is 1. The largest absolute Gasteiger partial charge is 0.481 e. The molecule has 1 aliphatic rings. The van der Waals surface area contributed by atoms with E-state index < -0.39 is 0 Å². The molecule has 0 amide bonds. The van der Waals surface area contributed by atoms with E-state index in [2.05, 4.69) is 27.1 Å². The lowest BCUT2D eigenvalue weighted by atomic mass is 10.2. The Morgan fingerprint density at radius 3 is 3.05 bits per heavy atom. The summed E-state index contributed by atoms with van der Waals surface area (Å²) in [6, 6.07) is 2.50. The third kappa shape index (κ3) is 4.06. The van der Waals surface area contributed by atoms with Gasteiger partial charge in [0.2, 0.25) is 5.88 Å². The Labute approximate surface area is 115 Å². The van der Waals surface area contributed by atoms with Crippen LogP contribution in [0.2, 0.25) is 0 Å². The number of hydrogen-bond donors (Lipinski definition) is 1. The third-order valence-electron chi connectivity index (χ3n) is 3.55. The Morgan fingerprint density at radius 2 is 2.37 bits per heavy atom. The molecule has 1 aromatic heterocycles. The third-order valence-corrected chi connectivity index (χ3v) is 3.55. The Morgan fingerprint density at radius 1 is 1.47 bits per heavy atom. The predicted octanol–water partition coefficient (Wildman–Crippen LogP) is 1.84. The molecule has 1 unspecified atom stereocenters. The molecule has 106 valence electrons. The Hall–Kier alpha value is -1.36. The SMILES string of the molecule is CCCCN(CC1CCCN1)c1cc(OC)ncn1. The zero-order valence-corrected chi connectivity index (χ0v) is 11.9. The van der Waals surface area contributed by atoms with Crippen molar-refractivity contribution in [2.24, 2.45) is 0 Å². The summed E-state index contributed by atoms with van der Waals surface area (Å²) in [4.78, 5) is 10.8. The summed E-state index contributed by atoms with van der Waals surface area (Å²) in [5, 5.41) is 3.55. The smallest absolute Gasteiger partial charge is 0.218 e. The van der Waals surface area contributed by atoms with E-state index in [1.807, 2.05) is 6.07 Å². The van der Waals surface area contributed by atoms with Crippen molar-refractivity contribution in [2.75, 3.05) is 31.6 Å². The number of nitrogens with zero attached hydrogens (tertiary/aromatic N) is 3. The zero-order chi connectivity index (χ0) is 13.5. The maximum absolute atomic E-state index is 5.19. The van der Waals surface area contributed by atoms with Crippen molar-refractivity contribution >= 4 is 5.82 Å². The monoisotopic (exact) mass is 264 g/mol. The molecule has 0 aliphatic carbocycles. The molecule has 0 spiro atoms. The van der Waals surface area contributed by atoms with E-state index >= 15 is 0 Å². The maximum Gasteiger partial charge on any atom is 0.218 e. The van der Waals surface area contributed by atoms with Gasteiger partial charge in [-0.05, 0) is 25.8 Å². The van der Waals surface area contributed by atoms with Gasteiger partial charge in [-0.1, -0.05) is 13.3 Å². The fourth-order valence-electron chi connectivity index (χ4n) is 2.44. The first-order chi connectivity index (χ1) is 9.33. The number of rotatable bonds is 7. The Balaban J connectivity index is 2.05. The molecule has 1 atom stereocenters. The van der Waals surface area contributed by atoms with E-state index in [0.29, 0.717) is 11.9 Å². The standard InChI is InChI=1S/C14H24N4O/c1-3-4-8-18(10-12-6-5-7-15-12)13-9-14(19-2)17-11-16-13/h9,11-12,15H,3-8,10H2,1-2H3.